The molecule has 0 saturated heterocycles. The van der Waals surface area contributed by atoms with E-state index >= 15 is 0 Å². The Morgan fingerprint density at radius 2 is 1.09 bits per heavy atom. The number of furan rings is 1. The number of anilines is 3. The van der Waals surface area contributed by atoms with Crippen LogP contribution in [0.4, 0.5) is 17.1 Å². The summed E-state index contributed by atoms with van der Waals surface area (Å²) in [5.41, 5.74) is 15.0. The molecule has 1 aromatic heterocycles. The van der Waals surface area contributed by atoms with Gasteiger partial charge in [-0.15, -0.1) is 0 Å². The quantitative estimate of drug-likeness (QED) is 0.177. The predicted octanol–water partition coefficient (Wildman–Crippen LogP) is 15.0. The zero-order valence-corrected chi connectivity index (χ0v) is 30.8. The maximum Gasteiger partial charge on any atom is 0.159 e. The third-order valence-electron chi connectivity index (χ3n) is 11.8. The van der Waals surface area contributed by atoms with Gasteiger partial charge in [0.05, 0.1) is 5.69 Å². The highest BCUT2D eigenvalue weighted by atomic mass is 16.3. The van der Waals surface area contributed by atoms with Crippen molar-refractivity contribution in [2.24, 2.45) is 0 Å². The summed E-state index contributed by atoms with van der Waals surface area (Å²) in [7, 11) is 0. The van der Waals surface area contributed by atoms with Gasteiger partial charge < -0.3 is 9.32 Å². The van der Waals surface area contributed by atoms with Crippen molar-refractivity contribution in [1.82, 2.24) is 0 Å². The molecular weight excluding hydrogens is 667 g/mol. The molecule has 9 aromatic carbocycles. The van der Waals surface area contributed by atoms with Crippen LogP contribution in [0.2, 0.25) is 0 Å². The molecule has 0 aliphatic heterocycles. The Morgan fingerprint density at radius 1 is 0.436 bits per heavy atom. The molecule has 2 heteroatoms. The second-order valence-electron chi connectivity index (χ2n) is 15.3. The van der Waals surface area contributed by atoms with Crippen molar-refractivity contribution in [1.29, 1.82) is 0 Å². The van der Waals surface area contributed by atoms with E-state index in [4.69, 9.17) is 4.42 Å². The minimum atomic E-state index is -0.153. The average Bonchev–Trinajstić information content (AvgIpc) is 3.63. The van der Waals surface area contributed by atoms with Crippen molar-refractivity contribution in [3.63, 3.8) is 0 Å². The lowest BCUT2D eigenvalue weighted by molar-refractivity contribution is 0.645. The van der Waals surface area contributed by atoms with Crippen LogP contribution in [0.1, 0.15) is 25.0 Å². The minimum absolute atomic E-state index is 0.153. The van der Waals surface area contributed by atoms with Gasteiger partial charge in [-0.1, -0.05) is 153 Å². The van der Waals surface area contributed by atoms with Gasteiger partial charge >= 0.3 is 0 Å². The van der Waals surface area contributed by atoms with Crippen LogP contribution in [0, 0.1) is 0 Å². The largest absolute Gasteiger partial charge is 0.454 e. The van der Waals surface area contributed by atoms with Crippen molar-refractivity contribution in [2.75, 3.05) is 4.90 Å². The van der Waals surface area contributed by atoms with Crippen LogP contribution in [0.5, 0.6) is 0 Å². The lowest BCUT2D eigenvalue weighted by atomic mass is 9.67. The Kier molecular flexibility index (Phi) is 6.93. The van der Waals surface area contributed by atoms with Crippen LogP contribution in [0.25, 0.3) is 76.9 Å². The van der Waals surface area contributed by atoms with Gasteiger partial charge in [-0.25, -0.2) is 0 Å². The van der Waals surface area contributed by atoms with Crippen LogP contribution in [0.15, 0.2) is 192 Å². The van der Waals surface area contributed by atoms with Gasteiger partial charge in [-0.3, -0.25) is 0 Å². The van der Waals surface area contributed by atoms with E-state index in [1.165, 1.54) is 66.1 Å². The Labute approximate surface area is 320 Å². The maximum atomic E-state index is 6.56. The van der Waals surface area contributed by atoms with Gasteiger partial charge in [-0.2, -0.15) is 0 Å². The highest BCUT2D eigenvalue weighted by Crippen LogP contribution is 2.53. The van der Waals surface area contributed by atoms with Crippen LogP contribution in [0.3, 0.4) is 0 Å². The normalized spacial score (nSPS) is 13.1. The molecule has 0 saturated carbocycles. The maximum absolute atomic E-state index is 6.56. The van der Waals surface area contributed by atoms with Crippen molar-refractivity contribution >= 4 is 60.5 Å². The number of hydrogen-bond acceptors (Lipinski definition) is 2. The van der Waals surface area contributed by atoms with E-state index in [0.29, 0.717) is 0 Å². The third kappa shape index (κ3) is 4.88. The van der Waals surface area contributed by atoms with Crippen molar-refractivity contribution in [3.8, 4) is 33.4 Å². The first-order valence-corrected chi connectivity index (χ1v) is 19.1. The summed E-state index contributed by atoms with van der Waals surface area (Å²) in [5.74, 6) is 0. The predicted molar refractivity (Wildman–Crippen MR) is 232 cm³/mol. The number of hydrogen-bond donors (Lipinski definition) is 0. The van der Waals surface area contributed by atoms with E-state index in [9.17, 15) is 0 Å². The molecule has 0 radical (unpaired) electrons. The lowest BCUT2D eigenvalue weighted by Crippen LogP contribution is -2.24. The highest BCUT2D eigenvalue weighted by molar-refractivity contribution is 6.11. The molecule has 260 valence electrons. The van der Waals surface area contributed by atoms with E-state index in [-0.39, 0.29) is 5.41 Å². The van der Waals surface area contributed by atoms with E-state index in [2.05, 4.69) is 195 Å². The summed E-state index contributed by atoms with van der Waals surface area (Å²) in [6.07, 6.45) is 0. The van der Waals surface area contributed by atoms with Gasteiger partial charge in [0.25, 0.3) is 0 Å². The second-order valence-corrected chi connectivity index (χ2v) is 15.3. The molecule has 0 bridgehead atoms. The monoisotopic (exact) mass is 703 g/mol. The van der Waals surface area contributed by atoms with Crippen LogP contribution < -0.4 is 4.90 Å². The first-order chi connectivity index (χ1) is 27.0. The molecule has 1 heterocycles. The van der Waals surface area contributed by atoms with Gasteiger partial charge in [0.1, 0.15) is 5.58 Å². The molecule has 2 nitrogen and oxygen atoms in total. The van der Waals surface area contributed by atoms with Crippen LogP contribution >= 0.6 is 0 Å². The van der Waals surface area contributed by atoms with Gasteiger partial charge in [0, 0.05) is 27.6 Å². The molecule has 1 aliphatic carbocycles. The Bertz CT molecular complexity index is 3110. The van der Waals surface area contributed by atoms with Crippen LogP contribution in [-0.2, 0) is 5.41 Å². The summed E-state index contributed by atoms with van der Waals surface area (Å²) in [6, 6.07) is 68.4. The summed E-state index contributed by atoms with van der Waals surface area (Å²) in [6.45, 7) is 4.75. The molecule has 0 amide bonds. The molecule has 55 heavy (non-hydrogen) atoms. The number of nitrogens with zero attached hydrogens (tertiary/aromatic N) is 1. The summed E-state index contributed by atoms with van der Waals surface area (Å²) in [5, 5.41) is 7.37. The van der Waals surface area contributed by atoms with Crippen LogP contribution in [-0.4, -0.2) is 0 Å². The van der Waals surface area contributed by atoms with E-state index in [0.717, 1.165) is 39.0 Å². The average molecular weight is 704 g/mol. The number of para-hydroxylation sites is 3. The van der Waals surface area contributed by atoms with Gasteiger partial charge in [0.15, 0.2) is 5.58 Å². The summed E-state index contributed by atoms with van der Waals surface area (Å²) in [4.78, 5) is 2.31. The molecule has 0 N–H and O–H groups in total. The smallest absolute Gasteiger partial charge is 0.159 e. The first kappa shape index (κ1) is 31.6. The fourth-order valence-electron chi connectivity index (χ4n) is 9.11. The zero-order chi connectivity index (χ0) is 36.7. The van der Waals surface area contributed by atoms with Crippen molar-refractivity contribution in [3.05, 3.63) is 199 Å². The van der Waals surface area contributed by atoms with Crippen molar-refractivity contribution < 1.29 is 4.42 Å². The molecule has 11 rings (SSSR count). The standard InChI is InChI=1S/C53H37NO/c1-53(2)46-31-27-39(38-23-22-34-12-6-7-13-37(34)32-38)33-45(46)51-42(30-26-36-14-10-19-47(53)50(36)51)35-24-28-41(29-25-35)54(40-15-4-3-5-16-40)48-20-11-18-44-43-17-8-9-21-49(43)55-52(44)48/h3-33H,1-2H3. The highest BCUT2D eigenvalue weighted by Gasteiger charge is 2.35. The molecular formula is C53H37NO. The number of fused-ring (bicyclic) bond motifs is 6. The lowest BCUT2D eigenvalue weighted by Gasteiger charge is -2.36. The van der Waals surface area contributed by atoms with E-state index < -0.39 is 0 Å². The molecule has 0 atom stereocenters. The SMILES string of the molecule is CC1(C)c2ccc(-c3ccc4ccccc4c3)cc2-c2c(-c3ccc(N(c4ccccc4)c4cccc5c4oc4ccccc45)cc3)ccc3cccc1c23. The fourth-order valence-corrected chi connectivity index (χ4v) is 9.11. The Morgan fingerprint density at radius 3 is 1.96 bits per heavy atom. The summed E-state index contributed by atoms with van der Waals surface area (Å²) >= 11 is 0. The van der Waals surface area contributed by atoms with Gasteiger partial charge in [0.2, 0.25) is 0 Å². The Balaban J connectivity index is 1.09. The number of benzene rings is 9. The topological polar surface area (TPSA) is 16.4 Å². The minimum Gasteiger partial charge on any atom is -0.454 e. The molecule has 10 aromatic rings. The zero-order valence-electron chi connectivity index (χ0n) is 30.8. The molecule has 0 fully saturated rings. The molecule has 1 aliphatic rings. The molecule has 0 unspecified atom stereocenters. The second kappa shape index (κ2) is 12.1. The van der Waals surface area contributed by atoms with E-state index in [1.807, 2.05) is 12.1 Å². The number of rotatable bonds is 5. The summed E-state index contributed by atoms with van der Waals surface area (Å²) < 4.78 is 6.56. The van der Waals surface area contributed by atoms with Gasteiger partial charge in [-0.05, 0) is 115 Å². The first-order valence-electron chi connectivity index (χ1n) is 19.1. The van der Waals surface area contributed by atoms with E-state index in [1.54, 1.807) is 0 Å². The van der Waals surface area contributed by atoms with Crippen molar-refractivity contribution in [2.45, 2.75) is 19.3 Å². The Hall–Kier alpha value is -6.90. The fraction of sp³-hybridized carbons (Fsp3) is 0.0566. The molecule has 0 spiro atoms. The third-order valence-corrected chi connectivity index (χ3v) is 11.8.